The third kappa shape index (κ3) is 8.31. The zero-order valence-corrected chi connectivity index (χ0v) is 29.0. The van der Waals surface area contributed by atoms with Crippen LogP contribution in [0.2, 0.25) is 25.7 Å². The number of carbonyl (C=O) groups is 1. The van der Waals surface area contributed by atoms with E-state index in [1.165, 1.54) is 12.3 Å². The van der Waals surface area contributed by atoms with Gasteiger partial charge in [0.1, 0.15) is 29.9 Å². The summed E-state index contributed by atoms with van der Waals surface area (Å²) in [6, 6.07) is 11.2. The lowest BCUT2D eigenvalue weighted by Gasteiger charge is -2.31. The first kappa shape index (κ1) is 34.8. The van der Waals surface area contributed by atoms with Crippen molar-refractivity contribution in [2.75, 3.05) is 25.1 Å². The number of nitrogens with zero attached hydrogens (tertiary/aromatic N) is 3. The summed E-state index contributed by atoms with van der Waals surface area (Å²) < 4.78 is 55.6. The number of urea groups is 1. The van der Waals surface area contributed by atoms with Gasteiger partial charge in [-0.1, -0.05) is 25.7 Å². The summed E-state index contributed by atoms with van der Waals surface area (Å²) in [6.07, 6.45) is 3.19. The number of nitriles is 1. The Kier molecular flexibility index (Phi) is 10.7. The van der Waals surface area contributed by atoms with Crippen LogP contribution in [0.5, 0.6) is 17.2 Å². The van der Waals surface area contributed by atoms with Crippen LogP contribution in [0.15, 0.2) is 48.8 Å². The fourth-order valence-electron chi connectivity index (χ4n) is 5.15. The lowest BCUT2D eigenvalue weighted by molar-refractivity contribution is -0.0444. The van der Waals surface area contributed by atoms with Crippen molar-refractivity contribution in [1.82, 2.24) is 14.9 Å². The molecule has 13 heteroatoms. The lowest BCUT2D eigenvalue weighted by atomic mass is 10.0. The molecule has 0 spiro atoms. The van der Waals surface area contributed by atoms with E-state index in [0.717, 1.165) is 18.2 Å². The molecule has 0 saturated carbocycles. The zero-order valence-electron chi connectivity index (χ0n) is 28.0. The first-order valence-corrected chi connectivity index (χ1v) is 19.6. The number of hydrogen-bond donors (Lipinski definition) is 2. The molecule has 1 aliphatic rings. The van der Waals surface area contributed by atoms with Gasteiger partial charge in [-0.05, 0) is 50.6 Å². The Bertz CT molecular complexity index is 1810. The molecule has 0 radical (unpaired) electrons. The predicted octanol–water partition coefficient (Wildman–Crippen LogP) is 7.90. The highest BCUT2D eigenvalue weighted by Gasteiger charge is 2.27. The molecule has 10 nitrogen and oxygen atoms in total. The second-order valence-electron chi connectivity index (χ2n) is 13.4. The molecule has 0 unspecified atom stereocenters. The zero-order chi connectivity index (χ0) is 34.6. The Balaban J connectivity index is 1.48. The van der Waals surface area contributed by atoms with Crippen LogP contribution >= 0.6 is 0 Å². The molecule has 254 valence electrons. The van der Waals surface area contributed by atoms with Gasteiger partial charge in [0.25, 0.3) is 0 Å². The molecular formula is C35H41F2N5O5Si. The van der Waals surface area contributed by atoms with E-state index in [1.54, 1.807) is 16.7 Å². The third-order valence-electron chi connectivity index (χ3n) is 7.92. The van der Waals surface area contributed by atoms with Crippen molar-refractivity contribution >= 4 is 30.8 Å². The minimum absolute atomic E-state index is 0.0677. The quantitative estimate of drug-likeness (QED) is 0.109. The van der Waals surface area contributed by atoms with E-state index in [4.69, 9.17) is 18.9 Å². The van der Waals surface area contributed by atoms with Gasteiger partial charge < -0.3 is 34.1 Å². The van der Waals surface area contributed by atoms with Gasteiger partial charge in [0.15, 0.2) is 17.4 Å². The van der Waals surface area contributed by atoms with Gasteiger partial charge in [0, 0.05) is 62.4 Å². The number of halogens is 2. The number of aromatic nitrogens is 2. The van der Waals surface area contributed by atoms with Gasteiger partial charge in [-0.3, -0.25) is 0 Å². The van der Waals surface area contributed by atoms with Crippen molar-refractivity contribution in [2.24, 2.45) is 5.92 Å². The molecule has 1 fully saturated rings. The molecule has 1 aliphatic heterocycles. The Morgan fingerprint density at radius 1 is 1.12 bits per heavy atom. The average Bonchev–Trinajstić information content (AvgIpc) is 3.35. The minimum Gasteiger partial charge on any atom is -0.490 e. The van der Waals surface area contributed by atoms with Gasteiger partial charge in [0.2, 0.25) is 0 Å². The summed E-state index contributed by atoms with van der Waals surface area (Å²) in [6.45, 7) is 14.3. The maximum Gasteiger partial charge on any atom is 0.319 e. The second-order valence-corrected chi connectivity index (χ2v) is 19.0. The monoisotopic (exact) mass is 677 g/mol. The van der Waals surface area contributed by atoms with Crippen LogP contribution in [-0.2, 0) is 16.2 Å². The Labute approximate surface area is 280 Å². The first-order valence-electron chi connectivity index (χ1n) is 15.9. The second kappa shape index (κ2) is 14.7. The molecule has 2 aromatic carbocycles. The molecule has 1 atom stereocenters. The number of anilines is 1. The maximum absolute atomic E-state index is 15.4. The van der Waals surface area contributed by atoms with Crippen LogP contribution in [-0.4, -0.2) is 55.6 Å². The molecule has 4 aromatic rings. The van der Waals surface area contributed by atoms with E-state index in [1.807, 2.05) is 33.0 Å². The topological polar surface area (TPSA) is 120 Å². The fourth-order valence-corrected chi connectivity index (χ4v) is 5.90. The molecule has 2 aromatic heterocycles. The summed E-state index contributed by atoms with van der Waals surface area (Å²) >= 11 is 0. The van der Waals surface area contributed by atoms with Crippen LogP contribution in [0, 0.1) is 28.9 Å². The molecule has 0 bridgehead atoms. The molecule has 3 heterocycles. The van der Waals surface area contributed by atoms with Crippen LogP contribution in [0.1, 0.15) is 26.3 Å². The molecule has 48 heavy (non-hydrogen) atoms. The average molecular weight is 678 g/mol. The summed E-state index contributed by atoms with van der Waals surface area (Å²) in [4.78, 5) is 17.0. The number of rotatable bonds is 13. The van der Waals surface area contributed by atoms with Crippen molar-refractivity contribution in [1.29, 1.82) is 5.26 Å². The molecular weight excluding hydrogens is 636 g/mol. The summed E-state index contributed by atoms with van der Waals surface area (Å²) in [7, 11) is -1.33. The molecule has 2 N–H and O–H groups in total. The van der Waals surface area contributed by atoms with Gasteiger partial charge in [-0.25, -0.2) is 18.6 Å². The number of carbonyl (C=O) groups excluding carboxylic acids is 1. The normalized spacial score (nSPS) is 14.0. The summed E-state index contributed by atoms with van der Waals surface area (Å²) in [5, 5.41) is 15.6. The number of pyridine rings is 1. The third-order valence-corrected chi connectivity index (χ3v) is 9.62. The molecule has 5 rings (SSSR count). The van der Waals surface area contributed by atoms with Crippen molar-refractivity contribution in [3.63, 3.8) is 0 Å². The number of benzene rings is 2. The highest BCUT2D eigenvalue weighted by Crippen LogP contribution is 2.41. The predicted molar refractivity (Wildman–Crippen MR) is 182 cm³/mol. The van der Waals surface area contributed by atoms with E-state index in [-0.39, 0.29) is 36.2 Å². The van der Waals surface area contributed by atoms with Crippen LogP contribution < -0.4 is 20.1 Å². The van der Waals surface area contributed by atoms with E-state index in [2.05, 4.69) is 41.3 Å². The van der Waals surface area contributed by atoms with Gasteiger partial charge in [0.05, 0.1) is 30.3 Å². The number of nitrogens with one attached hydrogen (secondary N) is 2. The highest BCUT2D eigenvalue weighted by molar-refractivity contribution is 6.76. The van der Waals surface area contributed by atoms with E-state index in [0.29, 0.717) is 53.3 Å². The Morgan fingerprint density at radius 3 is 2.48 bits per heavy atom. The highest BCUT2D eigenvalue weighted by atomic mass is 28.3. The minimum atomic E-state index is -1.33. The standard InChI is InChI=1S/C35H41F2N5O5Si/c1-21(2)46-30-8-7-23(13-24(30)16-38)27-17-42(20-44-11-12-48(4,5)6)34-32(27)31(9-10-39-34)47-33-28(36)14-26(15-29(33)37)41-35(43)40-22(3)25-18-45-19-25/h7-10,13-15,17,21-22,25H,11-12,18-20H2,1-6H3,(H2,40,41,43)/t22-/m1/s1. The molecule has 1 saturated heterocycles. The van der Waals surface area contributed by atoms with Crippen molar-refractivity contribution in [3.05, 3.63) is 66.0 Å². The first-order chi connectivity index (χ1) is 22.8. The Hall–Kier alpha value is -4.51. The van der Waals surface area contributed by atoms with Crippen LogP contribution in [0.3, 0.4) is 0 Å². The van der Waals surface area contributed by atoms with Crippen LogP contribution in [0.25, 0.3) is 22.2 Å². The van der Waals surface area contributed by atoms with Crippen molar-refractivity contribution in [2.45, 2.75) is 65.3 Å². The number of fused-ring (bicyclic) bond motifs is 1. The summed E-state index contributed by atoms with van der Waals surface area (Å²) in [5.74, 6) is -1.88. The van der Waals surface area contributed by atoms with Crippen molar-refractivity contribution in [3.8, 4) is 34.4 Å². The van der Waals surface area contributed by atoms with Crippen LogP contribution in [0.4, 0.5) is 19.3 Å². The lowest BCUT2D eigenvalue weighted by Crippen LogP contribution is -2.47. The molecule has 0 aliphatic carbocycles. The van der Waals surface area contributed by atoms with Crippen molar-refractivity contribution < 1.29 is 32.5 Å². The fraction of sp³-hybridized carbons (Fsp3) is 0.400. The van der Waals surface area contributed by atoms with E-state index < -0.39 is 31.5 Å². The van der Waals surface area contributed by atoms with Gasteiger partial charge in [-0.15, -0.1) is 0 Å². The van der Waals surface area contributed by atoms with Gasteiger partial charge >= 0.3 is 6.03 Å². The van der Waals surface area contributed by atoms with E-state index >= 15 is 8.78 Å². The number of hydrogen-bond acceptors (Lipinski definition) is 7. The Morgan fingerprint density at radius 2 is 1.85 bits per heavy atom. The summed E-state index contributed by atoms with van der Waals surface area (Å²) in [5.41, 5.74) is 2.01. The smallest absolute Gasteiger partial charge is 0.319 e. The maximum atomic E-state index is 15.4. The van der Waals surface area contributed by atoms with E-state index in [9.17, 15) is 10.1 Å². The number of ether oxygens (including phenoxy) is 4. The van der Waals surface area contributed by atoms with Gasteiger partial charge in [-0.2, -0.15) is 5.26 Å². The number of amides is 2. The molecule has 2 amide bonds. The largest absolute Gasteiger partial charge is 0.490 e. The SMILES string of the molecule is CC(C)Oc1ccc(-c2cn(COCC[Si](C)(C)C)c3nccc(Oc4c(F)cc(NC(=O)N[C@H](C)C5COC5)cc4F)c23)cc1C#N.